The van der Waals surface area contributed by atoms with E-state index < -0.39 is 0 Å². The van der Waals surface area contributed by atoms with E-state index in [4.69, 9.17) is 4.98 Å². The highest BCUT2D eigenvalue weighted by Crippen LogP contribution is 2.34. The second kappa shape index (κ2) is 11.3. The van der Waals surface area contributed by atoms with E-state index in [1.165, 1.54) is 11.3 Å². The van der Waals surface area contributed by atoms with Gasteiger partial charge in [0.05, 0.1) is 11.4 Å². The summed E-state index contributed by atoms with van der Waals surface area (Å²) in [5.74, 6) is 0.613. The standard InChI is InChI=1S/C34H28N8/c35-20-32-37-21-28-18-29(24-4-2-1-3-5-24)33(39-34(28)38-32)27-8-6-23(7-9-27)22-42-16-12-26(13-17-42)31-19-30(40-41-31)25-10-14-36-15-11-25/h1-11,14-15,18-19,21,26H,12-13,16-17,22H2,(H,40,41). The fraction of sp³-hybridized carbons (Fsp3) is 0.176. The van der Waals surface area contributed by atoms with Crippen LogP contribution in [0.2, 0.25) is 0 Å². The van der Waals surface area contributed by atoms with Crippen LogP contribution in [0.3, 0.4) is 0 Å². The number of piperidine rings is 1. The molecular weight excluding hydrogens is 520 g/mol. The van der Waals surface area contributed by atoms with Crippen molar-refractivity contribution in [3.8, 4) is 39.7 Å². The van der Waals surface area contributed by atoms with E-state index in [1.54, 1.807) is 18.6 Å². The van der Waals surface area contributed by atoms with Gasteiger partial charge >= 0.3 is 0 Å². The lowest BCUT2D eigenvalue weighted by Crippen LogP contribution is -2.32. The molecule has 1 fully saturated rings. The van der Waals surface area contributed by atoms with Gasteiger partial charge in [-0.25, -0.2) is 9.97 Å². The van der Waals surface area contributed by atoms with Crippen LogP contribution in [0.4, 0.5) is 0 Å². The zero-order valence-electron chi connectivity index (χ0n) is 23.0. The average Bonchev–Trinajstić information content (AvgIpc) is 3.56. The SMILES string of the molecule is N#Cc1ncc2cc(-c3ccccc3)c(-c3ccc(CN4CCC(c5cc(-c6ccncc6)n[nH]5)CC4)cc3)nc2n1. The molecule has 0 atom stereocenters. The van der Waals surface area contributed by atoms with Crippen LogP contribution in [0, 0.1) is 11.3 Å². The van der Waals surface area contributed by atoms with Gasteiger partial charge in [-0.3, -0.25) is 15.0 Å². The Hall–Kier alpha value is -5.26. The van der Waals surface area contributed by atoms with Crippen LogP contribution in [0.5, 0.6) is 0 Å². The van der Waals surface area contributed by atoms with Gasteiger partial charge in [-0.05, 0) is 61.3 Å². The number of likely N-dealkylation sites (tertiary alicyclic amines) is 1. The van der Waals surface area contributed by atoms with Crippen LogP contribution >= 0.6 is 0 Å². The Morgan fingerprint density at radius 1 is 0.857 bits per heavy atom. The van der Waals surface area contributed by atoms with Gasteiger partial charge in [0.25, 0.3) is 0 Å². The van der Waals surface area contributed by atoms with Gasteiger partial charge < -0.3 is 0 Å². The summed E-state index contributed by atoms with van der Waals surface area (Å²) >= 11 is 0. The van der Waals surface area contributed by atoms with Gasteiger partial charge in [0, 0.05) is 58.8 Å². The first-order valence-corrected chi connectivity index (χ1v) is 14.1. The molecule has 204 valence electrons. The molecule has 0 saturated carbocycles. The van der Waals surface area contributed by atoms with Gasteiger partial charge in [0.1, 0.15) is 6.07 Å². The molecule has 0 spiro atoms. The number of hydrogen-bond acceptors (Lipinski definition) is 7. The van der Waals surface area contributed by atoms with Crippen molar-refractivity contribution in [3.05, 3.63) is 115 Å². The summed E-state index contributed by atoms with van der Waals surface area (Å²) in [5.41, 5.74) is 9.01. The Morgan fingerprint density at radius 3 is 2.40 bits per heavy atom. The van der Waals surface area contributed by atoms with E-state index >= 15 is 0 Å². The minimum absolute atomic E-state index is 0.120. The van der Waals surface area contributed by atoms with E-state index in [2.05, 4.69) is 78.6 Å². The Bertz CT molecular complexity index is 1870. The van der Waals surface area contributed by atoms with Crippen LogP contribution in [0.25, 0.3) is 44.7 Å². The third kappa shape index (κ3) is 5.26. The lowest BCUT2D eigenvalue weighted by Gasteiger charge is -2.31. The molecule has 8 heteroatoms. The molecule has 7 rings (SSSR count). The fourth-order valence-electron chi connectivity index (χ4n) is 5.72. The first-order valence-electron chi connectivity index (χ1n) is 14.1. The molecule has 6 aromatic rings. The van der Waals surface area contributed by atoms with Crippen molar-refractivity contribution in [2.75, 3.05) is 13.1 Å². The van der Waals surface area contributed by atoms with E-state index in [0.717, 1.165) is 71.5 Å². The molecule has 0 amide bonds. The number of nitriles is 1. The third-order valence-electron chi connectivity index (χ3n) is 7.99. The van der Waals surface area contributed by atoms with Crippen molar-refractivity contribution in [2.45, 2.75) is 25.3 Å². The molecule has 4 aromatic heterocycles. The lowest BCUT2D eigenvalue weighted by atomic mass is 9.92. The number of pyridine rings is 2. The number of rotatable bonds is 6. The molecule has 2 aromatic carbocycles. The Labute approximate surface area is 243 Å². The monoisotopic (exact) mass is 548 g/mol. The van der Waals surface area contributed by atoms with Gasteiger partial charge in [0.2, 0.25) is 5.82 Å². The lowest BCUT2D eigenvalue weighted by molar-refractivity contribution is 0.203. The summed E-state index contributed by atoms with van der Waals surface area (Å²) in [7, 11) is 0. The van der Waals surface area contributed by atoms with E-state index in [9.17, 15) is 5.26 Å². The predicted octanol–water partition coefficient (Wildman–Crippen LogP) is 6.40. The summed E-state index contributed by atoms with van der Waals surface area (Å²) < 4.78 is 0. The molecule has 42 heavy (non-hydrogen) atoms. The van der Waals surface area contributed by atoms with Crippen molar-refractivity contribution in [1.29, 1.82) is 5.26 Å². The Kier molecular flexibility index (Phi) is 6.92. The molecule has 0 radical (unpaired) electrons. The number of hydrogen-bond donors (Lipinski definition) is 1. The number of fused-ring (bicyclic) bond motifs is 1. The van der Waals surface area contributed by atoms with Crippen molar-refractivity contribution in [2.24, 2.45) is 0 Å². The summed E-state index contributed by atoms with van der Waals surface area (Å²) in [5, 5.41) is 17.9. The van der Waals surface area contributed by atoms with Crippen LogP contribution in [0.15, 0.2) is 97.5 Å². The predicted molar refractivity (Wildman–Crippen MR) is 162 cm³/mol. The molecule has 1 N–H and O–H groups in total. The molecule has 1 aliphatic heterocycles. The molecular formula is C34H28N8. The molecule has 0 aliphatic carbocycles. The number of nitrogens with one attached hydrogen (secondary N) is 1. The summed E-state index contributed by atoms with van der Waals surface area (Å²) in [6.07, 6.45) is 7.47. The van der Waals surface area contributed by atoms with Gasteiger partial charge in [-0.15, -0.1) is 0 Å². The first kappa shape index (κ1) is 25.7. The molecule has 8 nitrogen and oxygen atoms in total. The number of H-pyrrole nitrogens is 1. The Morgan fingerprint density at radius 2 is 1.64 bits per heavy atom. The minimum atomic E-state index is 0.120. The van der Waals surface area contributed by atoms with Crippen molar-refractivity contribution < 1.29 is 0 Å². The van der Waals surface area contributed by atoms with Crippen LogP contribution in [-0.4, -0.2) is 48.1 Å². The number of nitrogens with zero attached hydrogens (tertiary/aromatic N) is 7. The van der Waals surface area contributed by atoms with Crippen molar-refractivity contribution >= 4 is 11.0 Å². The first-order chi connectivity index (χ1) is 20.7. The molecule has 1 saturated heterocycles. The highest BCUT2D eigenvalue weighted by molar-refractivity contribution is 5.89. The van der Waals surface area contributed by atoms with Crippen LogP contribution in [0.1, 0.15) is 35.8 Å². The zero-order valence-corrected chi connectivity index (χ0v) is 23.0. The number of aromatic nitrogens is 6. The second-order valence-corrected chi connectivity index (χ2v) is 10.7. The highest BCUT2D eigenvalue weighted by Gasteiger charge is 2.23. The number of benzene rings is 2. The number of aromatic amines is 1. The van der Waals surface area contributed by atoms with E-state index in [1.807, 2.05) is 36.4 Å². The fourth-order valence-corrected chi connectivity index (χ4v) is 5.72. The summed E-state index contributed by atoms with van der Waals surface area (Å²) in [4.78, 5) is 20.0. The second-order valence-electron chi connectivity index (χ2n) is 10.7. The van der Waals surface area contributed by atoms with E-state index in [-0.39, 0.29) is 5.82 Å². The van der Waals surface area contributed by atoms with Crippen LogP contribution < -0.4 is 0 Å². The third-order valence-corrected chi connectivity index (χ3v) is 7.99. The van der Waals surface area contributed by atoms with Gasteiger partial charge in [-0.1, -0.05) is 54.6 Å². The topological polar surface area (TPSA) is 107 Å². The smallest absolute Gasteiger partial charge is 0.234 e. The van der Waals surface area contributed by atoms with Gasteiger partial charge in [0.15, 0.2) is 5.65 Å². The zero-order chi connectivity index (χ0) is 28.3. The van der Waals surface area contributed by atoms with Crippen molar-refractivity contribution in [1.82, 2.24) is 35.0 Å². The highest BCUT2D eigenvalue weighted by atomic mass is 15.1. The molecule has 0 bridgehead atoms. The summed E-state index contributed by atoms with van der Waals surface area (Å²) in [6.45, 7) is 3.00. The van der Waals surface area contributed by atoms with Gasteiger partial charge in [-0.2, -0.15) is 15.3 Å². The average molecular weight is 549 g/mol. The maximum absolute atomic E-state index is 9.28. The summed E-state index contributed by atoms with van der Waals surface area (Å²) in [6, 6.07) is 29.1. The van der Waals surface area contributed by atoms with E-state index in [0.29, 0.717) is 11.6 Å². The van der Waals surface area contributed by atoms with Crippen LogP contribution in [-0.2, 0) is 6.54 Å². The maximum Gasteiger partial charge on any atom is 0.234 e. The molecule has 0 unspecified atom stereocenters. The molecule has 1 aliphatic rings. The maximum atomic E-state index is 9.28. The quantitative estimate of drug-likeness (QED) is 0.257. The normalized spacial score (nSPS) is 14.2. The molecule has 5 heterocycles. The largest absolute Gasteiger partial charge is 0.299 e. The Balaban J connectivity index is 1.07. The minimum Gasteiger partial charge on any atom is -0.299 e. The van der Waals surface area contributed by atoms with Crippen molar-refractivity contribution in [3.63, 3.8) is 0 Å².